The summed E-state index contributed by atoms with van der Waals surface area (Å²) in [6, 6.07) is 5.54. The van der Waals surface area contributed by atoms with E-state index in [0.717, 1.165) is 10.0 Å². The van der Waals surface area contributed by atoms with Crippen LogP contribution in [0.3, 0.4) is 0 Å². The standard InChI is InChI=1S/C14H21BrO4/c1-4-17-14(18-5-2)9-19-13-7-6-11(15)8-12(13)10(3)16/h6-8,10,14,16H,4-5,9H2,1-3H3/t10-/m0/s1. The first-order valence-corrected chi connectivity index (χ1v) is 7.21. The molecule has 0 spiro atoms. The van der Waals surface area contributed by atoms with Crippen molar-refractivity contribution in [3.8, 4) is 5.75 Å². The van der Waals surface area contributed by atoms with Crippen molar-refractivity contribution in [2.75, 3.05) is 19.8 Å². The van der Waals surface area contributed by atoms with Crippen LogP contribution in [-0.4, -0.2) is 31.2 Å². The van der Waals surface area contributed by atoms with Gasteiger partial charge in [0, 0.05) is 23.2 Å². The zero-order chi connectivity index (χ0) is 14.3. The Morgan fingerprint density at radius 3 is 2.37 bits per heavy atom. The molecule has 0 bridgehead atoms. The normalized spacial score (nSPS) is 12.7. The molecule has 5 heteroatoms. The summed E-state index contributed by atoms with van der Waals surface area (Å²) < 4.78 is 17.4. The highest BCUT2D eigenvalue weighted by Gasteiger charge is 2.13. The van der Waals surface area contributed by atoms with Crippen LogP contribution in [0.4, 0.5) is 0 Å². The summed E-state index contributed by atoms with van der Waals surface area (Å²) in [5.74, 6) is 0.641. The Balaban J connectivity index is 2.70. The van der Waals surface area contributed by atoms with Crippen molar-refractivity contribution in [1.29, 1.82) is 0 Å². The molecule has 0 unspecified atom stereocenters. The smallest absolute Gasteiger partial charge is 0.191 e. The fraction of sp³-hybridized carbons (Fsp3) is 0.571. The van der Waals surface area contributed by atoms with Crippen molar-refractivity contribution in [2.45, 2.75) is 33.2 Å². The van der Waals surface area contributed by atoms with Crippen molar-refractivity contribution in [2.24, 2.45) is 0 Å². The Morgan fingerprint density at radius 2 is 1.84 bits per heavy atom. The minimum atomic E-state index is -0.592. The van der Waals surface area contributed by atoms with Crippen LogP contribution in [0.15, 0.2) is 22.7 Å². The second kappa shape index (κ2) is 8.53. The predicted octanol–water partition coefficient (Wildman–Crippen LogP) is 3.28. The van der Waals surface area contributed by atoms with Crippen molar-refractivity contribution >= 4 is 15.9 Å². The first-order chi connectivity index (χ1) is 9.08. The highest BCUT2D eigenvalue weighted by molar-refractivity contribution is 9.10. The molecule has 0 saturated heterocycles. The summed E-state index contributed by atoms with van der Waals surface area (Å²) in [5, 5.41) is 9.74. The third-order valence-electron chi connectivity index (χ3n) is 2.50. The molecule has 108 valence electrons. The molecule has 1 aromatic carbocycles. The van der Waals surface area contributed by atoms with Gasteiger partial charge < -0.3 is 19.3 Å². The lowest BCUT2D eigenvalue weighted by Gasteiger charge is -2.19. The lowest BCUT2D eigenvalue weighted by atomic mass is 10.1. The molecule has 0 aliphatic heterocycles. The minimum absolute atomic E-state index is 0.295. The number of ether oxygens (including phenoxy) is 3. The molecule has 1 atom stereocenters. The van der Waals surface area contributed by atoms with Crippen LogP contribution in [0.1, 0.15) is 32.4 Å². The molecule has 0 aliphatic carbocycles. The fourth-order valence-electron chi connectivity index (χ4n) is 1.65. The highest BCUT2D eigenvalue weighted by Crippen LogP contribution is 2.28. The Hall–Kier alpha value is -0.620. The van der Waals surface area contributed by atoms with Crippen LogP contribution in [0.25, 0.3) is 0 Å². The van der Waals surface area contributed by atoms with Gasteiger partial charge in [0.1, 0.15) is 12.4 Å². The summed E-state index contributed by atoms with van der Waals surface area (Å²) in [4.78, 5) is 0. The number of halogens is 1. The maximum Gasteiger partial charge on any atom is 0.191 e. The van der Waals surface area contributed by atoms with E-state index in [4.69, 9.17) is 14.2 Å². The maximum absolute atomic E-state index is 9.74. The number of hydrogen-bond acceptors (Lipinski definition) is 4. The second-order valence-electron chi connectivity index (χ2n) is 4.01. The van der Waals surface area contributed by atoms with E-state index < -0.39 is 6.10 Å². The van der Waals surface area contributed by atoms with Gasteiger partial charge in [-0.05, 0) is 39.0 Å². The van der Waals surface area contributed by atoms with Gasteiger partial charge in [0.05, 0.1) is 6.10 Å². The van der Waals surface area contributed by atoms with Crippen molar-refractivity contribution in [1.82, 2.24) is 0 Å². The van der Waals surface area contributed by atoms with Gasteiger partial charge >= 0.3 is 0 Å². The van der Waals surface area contributed by atoms with Gasteiger partial charge in [-0.15, -0.1) is 0 Å². The summed E-state index contributed by atoms with van der Waals surface area (Å²) in [5.41, 5.74) is 0.737. The molecule has 0 amide bonds. The van der Waals surface area contributed by atoms with E-state index >= 15 is 0 Å². The quantitative estimate of drug-likeness (QED) is 0.742. The van der Waals surface area contributed by atoms with Gasteiger partial charge in [-0.3, -0.25) is 0 Å². The van der Waals surface area contributed by atoms with Crippen molar-refractivity contribution in [3.63, 3.8) is 0 Å². The molecule has 0 heterocycles. The van der Waals surface area contributed by atoms with E-state index in [-0.39, 0.29) is 6.29 Å². The number of hydrogen-bond donors (Lipinski definition) is 1. The molecule has 0 fully saturated rings. The topological polar surface area (TPSA) is 47.9 Å². The van der Waals surface area contributed by atoms with E-state index in [1.54, 1.807) is 6.92 Å². The Morgan fingerprint density at radius 1 is 1.21 bits per heavy atom. The molecule has 4 nitrogen and oxygen atoms in total. The van der Waals surface area contributed by atoms with Gasteiger partial charge in [0.2, 0.25) is 0 Å². The lowest BCUT2D eigenvalue weighted by Crippen LogP contribution is -2.25. The molecule has 19 heavy (non-hydrogen) atoms. The molecular weight excluding hydrogens is 312 g/mol. The van der Waals surface area contributed by atoms with E-state index in [2.05, 4.69) is 15.9 Å². The maximum atomic E-state index is 9.74. The zero-order valence-corrected chi connectivity index (χ0v) is 13.1. The minimum Gasteiger partial charge on any atom is -0.488 e. The predicted molar refractivity (Wildman–Crippen MR) is 77.3 cm³/mol. The third kappa shape index (κ3) is 5.48. The van der Waals surface area contributed by atoms with Gasteiger partial charge in [0.15, 0.2) is 6.29 Å². The summed E-state index contributed by atoms with van der Waals surface area (Å²) in [6.45, 7) is 6.95. The average molecular weight is 333 g/mol. The van der Waals surface area contributed by atoms with Crippen LogP contribution < -0.4 is 4.74 Å². The Bertz CT molecular complexity index is 376. The highest BCUT2D eigenvalue weighted by atomic mass is 79.9. The molecule has 1 N–H and O–H groups in total. The fourth-order valence-corrected chi connectivity index (χ4v) is 2.03. The summed E-state index contributed by atoms with van der Waals surface area (Å²) in [7, 11) is 0. The van der Waals surface area contributed by atoms with Gasteiger partial charge in [-0.1, -0.05) is 15.9 Å². The molecule has 0 aromatic heterocycles. The molecule has 1 aromatic rings. The second-order valence-corrected chi connectivity index (χ2v) is 4.93. The van der Waals surface area contributed by atoms with E-state index in [1.807, 2.05) is 32.0 Å². The average Bonchev–Trinajstić information content (AvgIpc) is 2.37. The molecular formula is C14H21BrO4. The number of rotatable bonds is 8. The molecule has 0 radical (unpaired) electrons. The first kappa shape index (κ1) is 16.4. The van der Waals surface area contributed by atoms with Gasteiger partial charge in [0.25, 0.3) is 0 Å². The summed E-state index contributed by atoms with van der Waals surface area (Å²) in [6.07, 6.45) is -0.981. The number of benzene rings is 1. The zero-order valence-electron chi connectivity index (χ0n) is 11.6. The first-order valence-electron chi connectivity index (χ1n) is 6.42. The monoisotopic (exact) mass is 332 g/mol. The summed E-state index contributed by atoms with van der Waals surface area (Å²) >= 11 is 3.38. The van der Waals surface area contributed by atoms with Crippen LogP contribution in [0.2, 0.25) is 0 Å². The van der Waals surface area contributed by atoms with Gasteiger partial charge in [-0.25, -0.2) is 0 Å². The molecule has 1 rings (SSSR count). The molecule has 0 aliphatic rings. The number of aliphatic hydroxyl groups excluding tert-OH is 1. The third-order valence-corrected chi connectivity index (χ3v) is 3.00. The van der Waals surface area contributed by atoms with Crippen LogP contribution in [0, 0.1) is 0 Å². The number of aliphatic hydroxyl groups is 1. The van der Waals surface area contributed by atoms with Crippen LogP contribution >= 0.6 is 15.9 Å². The van der Waals surface area contributed by atoms with E-state index in [1.165, 1.54) is 0 Å². The lowest BCUT2D eigenvalue weighted by molar-refractivity contribution is -0.152. The SMILES string of the molecule is CCOC(COc1ccc(Br)cc1[C@H](C)O)OCC. The van der Waals surface area contributed by atoms with Crippen molar-refractivity contribution < 1.29 is 19.3 Å². The Kier molecular flexibility index (Phi) is 7.38. The molecule has 0 saturated carbocycles. The van der Waals surface area contributed by atoms with Gasteiger partial charge in [-0.2, -0.15) is 0 Å². The van der Waals surface area contributed by atoms with E-state index in [0.29, 0.717) is 25.6 Å². The largest absolute Gasteiger partial charge is 0.488 e. The van der Waals surface area contributed by atoms with Crippen molar-refractivity contribution in [3.05, 3.63) is 28.2 Å². The van der Waals surface area contributed by atoms with E-state index in [9.17, 15) is 5.11 Å². The van der Waals surface area contributed by atoms with Crippen LogP contribution in [0.5, 0.6) is 5.75 Å². The van der Waals surface area contributed by atoms with Crippen LogP contribution in [-0.2, 0) is 9.47 Å². The Labute approximate surface area is 122 Å².